The molecular formula is C60H44N2O4P2S. The summed E-state index contributed by atoms with van der Waals surface area (Å²) in [6, 6.07) is 83.2. The Kier molecular flexibility index (Phi) is 10.4. The third kappa shape index (κ3) is 6.70. The van der Waals surface area contributed by atoms with Gasteiger partial charge in [-0.2, -0.15) is 0 Å². The molecule has 69 heavy (non-hydrogen) atoms. The van der Waals surface area contributed by atoms with Gasteiger partial charge in [0.15, 0.2) is 7.14 Å². The average molecular weight is 951 g/mol. The molecule has 0 aliphatic carbocycles. The Morgan fingerprint density at radius 1 is 0.362 bits per heavy atom. The fourth-order valence-electron chi connectivity index (χ4n) is 10.5. The van der Waals surface area contributed by atoms with Gasteiger partial charge in [0.2, 0.25) is 0 Å². The first-order chi connectivity index (χ1) is 33.4. The lowest BCUT2D eigenvalue weighted by atomic mass is 10.0. The summed E-state index contributed by atoms with van der Waals surface area (Å²) in [5.74, 6) is 0. The minimum Gasteiger partial charge on any atom is -0.412 e. The number of hydrogen-bond acceptors (Lipinski definition) is 3. The number of fused-ring (bicyclic) bond motifs is 9. The van der Waals surface area contributed by atoms with Crippen LogP contribution in [-0.4, -0.2) is 23.7 Å². The Hall–Kier alpha value is -7.31. The minimum absolute atomic E-state index is 0. The molecule has 2 aromatic heterocycles. The predicted molar refractivity (Wildman–Crippen MR) is 292 cm³/mol. The Balaban J connectivity index is 0.00000492. The van der Waals surface area contributed by atoms with Gasteiger partial charge < -0.3 is 19.2 Å². The van der Waals surface area contributed by atoms with E-state index in [0.717, 1.165) is 82.0 Å². The Morgan fingerprint density at radius 3 is 1.26 bits per heavy atom. The van der Waals surface area contributed by atoms with Crippen molar-refractivity contribution in [3.63, 3.8) is 0 Å². The van der Waals surface area contributed by atoms with Crippen molar-refractivity contribution in [2.24, 2.45) is 0 Å². The van der Waals surface area contributed by atoms with Crippen LogP contribution in [0, 0.1) is 0 Å². The lowest BCUT2D eigenvalue weighted by Gasteiger charge is -2.29. The van der Waals surface area contributed by atoms with Crippen molar-refractivity contribution in [2.45, 2.75) is 9.79 Å². The molecule has 1 aliphatic heterocycles. The highest BCUT2D eigenvalue weighted by molar-refractivity contribution is 8.24. The molecule has 0 spiro atoms. The van der Waals surface area contributed by atoms with Crippen molar-refractivity contribution in [3.8, 4) is 22.5 Å². The highest BCUT2D eigenvalue weighted by Gasteiger charge is 2.35. The van der Waals surface area contributed by atoms with E-state index in [0.29, 0.717) is 9.79 Å². The quantitative estimate of drug-likeness (QED) is 0.148. The van der Waals surface area contributed by atoms with Crippen molar-refractivity contribution in [3.05, 3.63) is 243 Å². The molecule has 0 unspecified atom stereocenters. The third-order valence-corrected chi connectivity index (χ3v) is 21.0. The summed E-state index contributed by atoms with van der Waals surface area (Å²) in [7, 11) is -7.55. The zero-order chi connectivity index (χ0) is 45.6. The van der Waals surface area contributed by atoms with E-state index in [1.54, 1.807) is 0 Å². The van der Waals surface area contributed by atoms with E-state index >= 15 is 4.57 Å². The lowest BCUT2D eigenvalue weighted by molar-refractivity contribution is 0.490. The second-order valence-corrected chi connectivity index (χ2v) is 24.3. The smallest absolute Gasteiger partial charge is 0.171 e. The minimum atomic E-state index is -3.33. The van der Waals surface area contributed by atoms with E-state index in [1.807, 2.05) is 91.0 Å². The van der Waals surface area contributed by atoms with E-state index in [2.05, 4.69) is 161 Å². The molecule has 0 amide bonds. The molecule has 4 N–H and O–H groups in total. The number of rotatable bonds is 8. The van der Waals surface area contributed by atoms with Crippen molar-refractivity contribution in [2.75, 3.05) is 0 Å². The first-order valence-corrected chi connectivity index (χ1v) is 27.2. The second-order valence-electron chi connectivity index (χ2n) is 17.3. The molecule has 6 nitrogen and oxygen atoms in total. The molecule has 0 fully saturated rings. The maximum absolute atomic E-state index is 15.9. The van der Waals surface area contributed by atoms with Gasteiger partial charge in [-0.15, -0.1) is 10.6 Å². The van der Waals surface area contributed by atoms with Gasteiger partial charge in [-0.05, 0) is 103 Å². The standard InChI is InChI=1S/C60H42N2O3P2S.H2O/c63-67(46-21-9-3-10-22-46,47-23-11-4-12-24-47)48-32-34-58-52(40-48)51-39-45(66(43-17-5-1-6-18-43)44-19-7-2-8-20-44)31-33-57(51)62(58)42-30-36-60-54(38-42)53-37-41(29-35-59(53)68(60,64)65)61-55-27-15-13-25-49(55)50-26-14-16-28-56(50)61;/h1-40,64-65H;1H2. The van der Waals surface area contributed by atoms with Crippen LogP contribution in [0.4, 0.5) is 0 Å². The number of aromatic nitrogens is 2. The summed E-state index contributed by atoms with van der Waals surface area (Å²) in [5.41, 5.74) is 7.55. The van der Waals surface area contributed by atoms with Crippen molar-refractivity contribution in [1.29, 1.82) is 0 Å². The number of benzene rings is 10. The van der Waals surface area contributed by atoms with Crippen LogP contribution in [-0.2, 0) is 4.57 Å². The van der Waals surface area contributed by atoms with Gasteiger partial charge in [-0.1, -0.05) is 164 Å². The van der Waals surface area contributed by atoms with Gasteiger partial charge in [-0.3, -0.25) is 9.11 Å². The molecular weight excluding hydrogens is 907 g/mol. The molecule has 10 aromatic carbocycles. The van der Waals surface area contributed by atoms with Gasteiger partial charge in [-0.25, -0.2) is 0 Å². The molecule has 1 aliphatic rings. The Labute approximate surface area is 402 Å². The normalized spacial score (nSPS) is 13.4. The maximum Gasteiger partial charge on any atom is 0.171 e. The second kappa shape index (κ2) is 16.7. The SMILES string of the molecule is O.O=P(c1ccccc1)(c1ccccc1)c1ccc2c(c1)c1cc(P(c3ccccc3)c3ccccc3)ccc1n2-c1ccc2c(c1)-c1cc(-n3c4ccccc4c4ccccc43)ccc1S2(O)O. The molecule has 0 radical (unpaired) electrons. The van der Waals surface area contributed by atoms with Crippen molar-refractivity contribution < 1.29 is 19.1 Å². The number of para-hydroxylation sites is 2. The first-order valence-electron chi connectivity index (χ1n) is 22.6. The van der Waals surface area contributed by atoms with Crippen LogP contribution in [0.2, 0.25) is 0 Å². The molecule has 334 valence electrons. The summed E-state index contributed by atoms with van der Waals surface area (Å²) < 4.78 is 44.5. The van der Waals surface area contributed by atoms with Crippen LogP contribution in [0.1, 0.15) is 0 Å². The molecule has 0 bridgehead atoms. The summed E-state index contributed by atoms with van der Waals surface area (Å²) in [6.07, 6.45) is 0. The third-order valence-electron chi connectivity index (χ3n) is 13.5. The van der Waals surface area contributed by atoms with Crippen LogP contribution in [0.25, 0.3) is 66.1 Å². The van der Waals surface area contributed by atoms with Gasteiger partial charge >= 0.3 is 0 Å². The number of nitrogens with zero attached hydrogens (tertiary/aromatic N) is 2. The molecule has 0 atom stereocenters. The van der Waals surface area contributed by atoms with Crippen molar-refractivity contribution >= 4 is 101 Å². The molecule has 3 heterocycles. The van der Waals surface area contributed by atoms with E-state index in [4.69, 9.17) is 0 Å². The molecule has 12 aromatic rings. The van der Waals surface area contributed by atoms with E-state index in [9.17, 15) is 9.11 Å². The van der Waals surface area contributed by atoms with E-state index in [-0.39, 0.29) is 5.48 Å². The van der Waals surface area contributed by atoms with E-state index < -0.39 is 25.7 Å². The highest BCUT2D eigenvalue weighted by Crippen LogP contribution is 2.67. The topological polar surface area (TPSA) is 98.9 Å². The highest BCUT2D eigenvalue weighted by atomic mass is 32.3. The lowest BCUT2D eigenvalue weighted by Crippen LogP contribution is -2.24. The summed E-state index contributed by atoms with van der Waals surface area (Å²) in [4.78, 5) is 1.04. The predicted octanol–water partition coefficient (Wildman–Crippen LogP) is 12.6. The summed E-state index contributed by atoms with van der Waals surface area (Å²) in [6.45, 7) is 0. The largest absolute Gasteiger partial charge is 0.412 e. The van der Waals surface area contributed by atoms with Crippen LogP contribution >= 0.6 is 25.7 Å². The van der Waals surface area contributed by atoms with Gasteiger partial charge in [0.1, 0.15) is 0 Å². The summed E-state index contributed by atoms with van der Waals surface area (Å²) >= 11 is 0. The van der Waals surface area contributed by atoms with Crippen molar-refractivity contribution in [1.82, 2.24) is 9.13 Å². The van der Waals surface area contributed by atoms with Crippen LogP contribution in [0.3, 0.4) is 0 Å². The molecule has 0 saturated carbocycles. The number of hydrogen-bond donors (Lipinski definition) is 2. The Morgan fingerprint density at radius 2 is 0.768 bits per heavy atom. The van der Waals surface area contributed by atoms with Gasteiger partial charge in [0, 0.05) is 60.0 Å². The summed E-state index contributed by atoms with van der Waals surface area (Å²) in [5, 5.41) is 10.4. The first kappa shape index (κ1) is 43.0. The zero-order valence-corrected chi connectivity index (χ0v) is 39.7. The van der Waals surface area contributed by atoms with Crippen LogP contribution in [0.5, 0.6) is 0 Å². The van der Waals surface area contributed by atoms with E-state index in [1.165, 1.54) is 15.9 Å². The molecule has 9 heteroatoms. The molecule has 13 rings (SSSR count). The molecule has 0 saturated heterocycles. The van der Waals surface area contributed by atoms with Gasteiger partial charge in [0.25, 0.3) is 0 Å². The maximum atomic E-state index is 15.9. The van der Waals surface area contributed by atoms with Crippen LogP contribution < -0.4 is 31.8 Å². The fraction of sp³-hybridized carbons (Fsp3) is 0. The van der Waals surface area contributed by atoms with Gasteiger partial charge in [0.05, 0.1) is 31.9 Å². The van der Waals surface area contributed by atoms with Crippen LogP contribution in [0.15, 0.2) is 252 Å². The monoisotopic (exact) mass is 950 g/mol. The fourth-order valence-corrected chi connectivity index (χ4v) is 17.2. The zero-order valence-electron chi connectivity index (χ0n) is 37.1. The average Bonchev–Trinajstić information content (AvgIpc) is 3.99. The Bertz CT molecular complexity index is 3850.